The molecule has 2 amide bonds. The van der Waals surface area contributed by atoms with Crippen molar-refractivity contribution in [3.05, 3.63) is 41.3 Å². The Balaban J connectivity index is 1.76. The fourth-order valence-corrected chi connectivity index (χ4v) is 6.32. The van der Waals surface area contributed by atoms with E-state index in [0.717, 1.165) is 40.3 Å². The quantitative estimate of drug-likeness (QED) is 0.309. The number of hydrogen-bond donors (Lipinski definition) is 3. The molecule has 1 aromatic heterocycles. The van der Waals surface area contributed by atoms with E-state index in [1.165, 1.54) is 0 Å². The molecule has 3 rings (SSSR count). The van der Waals surface area contributed by atoms with E-state index in [2.05, 4.69) is 11.4 Å². The van der Waals surface area contributed by atoms with Gasteiger partial charge in [-0.2, -0.15) is 0 Å². The lowest BCUT2D eigenvalue weighted by Gasteiger charge is -2.35. The molecule has 0 bridgehead atoms. The number of thiophene rings is 1. The average molecular weight is 451 g/mol. The first-order valence-electron chi connectivity index (χ1n) is 9.77. The molecular weight excluding hydrogens is 424 g/mol. The largest absolute Gasteiger partial charge is 0.447 e. The second-order valence-corrected chi connectivity index (χ2v) is 9.57. The van der Waals surface area contributed by atoms with Gasteiger partial charge in [-0.1, -0.05) is 18.6 Å². The second kappa shape index (κ2) is 10.8. The van der Waals surface area contributed by atoms with Gasteiger partial charge in [-0.15, -0.1) is 23.1 Å². The summed E-state index contributed by atoms with van der Waals surface area (Å²) >= 11 is 3.44. The summed E-state index contributed by atoms with van der Waals surface area (Å²) in [5.41, 5.74) is 3.40. The van der Waals surface area contributed by atoms with Gasteiger partial charge in [0.05, 0.1) is 11.4 Å². The predicted molar refractivity (Wildman–Crippen MR) is 119 cm³/mol. The van der Waals surface area contributed by atoms with E-state index in [0.29, 0.717) is 12.3 Å². The van der Waals surface area contributed by atoms with Crippen LogP contribution in [0.4, 0.5) is 10.5 Å². The normalized spacial score (nSPS) is 18.6. The predicted octanol–water partition coefficient (Wildman–Crippen LogP) is 4.62. The van der Waals surface area contributed by atoms with E-state index in [1.54, 1.807) is 41.8 Å². The molecule has 1 saturated heterocycles. The first kappa shape index (κ1) is 22.6. The lowest BCUT2D eigenvalue weighted by Crippen LogP contribution is -2.32. The lowest BCUT2D eigenvalue weighted by atomic mass is 9.94. The zero-order valence-electron chi connectivity index (χ0n) is 16.8. The average Bonchev–Trinajstić information content (AvgIpc) is 3.26. The highest BCUT2D eigenvalue weighted by Crippen LogP contribution is 2.50. The molecule has 1 aromatic carbocycles. The summed E-state index contributed by atoms with van der Waals surface area (Å²) in [6, 6.07) is 11.7. The Kier molecular flexibility index (Phi) is 8.15. The van der Waals surface area contributed by atoms with Gasteiger partial charge in [0.1, 0.15) is 6.61 Å². The maximum absolute atomic E-state index is 11.9. The highest BCUT2D eigenvalue weighted by atomic mass is 32.2. The van der Waals surface area contributed by atoms with E-state index in [9.17, 15) is 9.59 Å². The molecule has 0 radical (unpaired) electrons. The third-order valence-electron chi connectivity index (χ3n) is 4.89. The number of thioether (sulfide) groups is 1. The van der Waals surface area contributed by atoms with Gasteiger partial charge in [-0.25, -0.2) is 10.3 Å². The first-order chi connectivity index (χ1) is 14.6. The molecule has 1 aliphatic rings. The molecule has 2 aromatic rings. The van der Waals surface area contributed by atoms with Crippen molar-refractivity contribution in [2.75, 3.05) is 31.4 Å². The summed E-state index contributed by atoms with van der Waals surface area (Å²) in [6.07, 6.45) is 2.83. The minimum atomic E-state index is -0.524. The number of hydrogen-bond acceptors (Lipinski definition) is 7. The number of amides is 2. The van der Waals surface area contributed by atoms with Crippen molar-refractivity contribution in [3.63, 3.8) is 0 Å². The molecule has 7 nitrogen and oxygen atoms in total. The number of rotatable bonds is 8. The van der Waals surface area contributed by atoms with Gasteiger partial charge in [-0.3, -0.25) is 15.3 Å². The number of anilines is 1. The van der Waals surface area contributed by atoms with E-state index in [-0.39, 0.29) is 23.7 Å². The van der Waals surface area contributed by atoms with Crippen LogP contribution >= 0.6 is 23.1 Å². The van der Waals surface area contributed by atoms with Crippen LogP contribution in [0, 0.1) is 0 Å². The van der Waals surface area contributed by atoms with E-state index >= 15 is 0 Å². The van der Waals surface area contributed by atoms with Gasteiger partial charge in [0.15, 0.2) is 0 Å². The van der Waals surface area contributed by atoms with Gasteiger partial charge in [-0.05, 0) is 48.4 Å². The topological polar surface area (TPSA) is 96.9 Å². The number of nitrogens with one attached hydrogen (secondary N) is 2. The smallest absolute Gasteiger partial charge is 0.411 e. The fourth-order valence-electron chi connectivity index (χ4n) is 3.43. The molecule has 0 saturated carbocycles. The zero-order valence-corrected chi connectivity index (χ0v) is 18.4. The van der Waals surface area contributed by atoms with Crippen molar-refractivity contribution < 1.29 is 24.3 Å². The van der Waals surface area contributed by atoms with Crippen molar-refractivity contribution in [1.29, 1.82) is 0 Å². The third kappa shape index (κ3) is 5.75. The summed E-state index contributed by atoms with van der Waals surface area (Å²) in [5.74, 6) is 0.633. The van der Waals surface area contributed by atoms with Gasteiger partial charge in [0.25, 0.3) is 0 Å². The van der Waals surface area contributed by atoms with Crippen LogP contribution in [0.2, 0.25) is 0 Å². The van der Waals surface area contributed by atoms with Gasteiger partial charge in [0.2, 0.25) is 5.91 Å². The minimum Gasteiger partial charge on any atom is -0.447 e. The number of benzene rings is 1. The highest BCUT2D eigenvalue weighted by Gasteiger charge is 2.38. The van der Waals surface area contributed by atoms with Gasteiger partial charge < -0.3 is 9.47 Å². The summed E-state index contributed by atoms with van der Waals surface area (Å²) in [4.78, 5) is 26.0. The first-order valence-corrected chi connectivity index (χ1v) is 11.6. The fraction of sp³-hybridized carbons (Fsp3) is 0.429. The standard InChI is InChI=1S/C21H26N2O5S2/c1-27-10-11-28-20(25)22-16-6-4-5-15(13-16)17-7-8-18(30-17)21(14-19(24)23-26)9-2-3-12-29-21/h4-8,13,26H,2-3,9-12,14H2,1H3,(H,22,25)(H,23,24)/t21-/m0/s1. The molecule has 1 fully saturated rings. The van der Waals surface area contributed by atoms with Crippen LogP contribution in [-0.4, -0.2) is 43.3 Å². The summed E-state index contributed by atoms with van der Waals surface area (Å²) < 4.78 is 9.60. The van der Waals surface area contributed by atoms with Crippen molar-refractivity contribution >= 4 is 40.8 Å². The highest BCUT2D eigenvalue weighted by molar-refractivity contribution is 8.00. The molecular formula is C21H26N2O5S2. The molecule has 30 heavy (non-hydrogen) atoms. The Morgan fingerprint density at radius 1 is 1.20 bits per heavy atom. The number of carbonyl (C=O) groups excluding carboxylic acids is 2. The Hall–Kier alpha value is -2.07. The number of ether oxygens (including phenoxy) is 2. The van der Waals surface area contributed by atoms with E-state index < -0.39 is 6.09 Å². The second-order valence-electron chi connectivity index (χ2n) is 7.01. The monoisotopic (exact) mass is 450 g/mol. The SMILES string of the molecule is COCCOC(=O)Nc1cccc(-c2ccc([C@@]3(CC(=O)NO)CCCCS3)s2)c1. The maximum atomic E-state index is 11.9. The van der Waals surface area contributed by atoms with Gasteiger partial charge in [0, 0.05) is 29.0 Å². The molecule has 0 aliphatic carbocycles. The minimum absolute atomic E-state index is 0.192. The van der Waals surface area contributed by atoms with E-state index in [4.69, 9.17) is 14.7 Å². The lowest BCUT2D eigenvalue weighted by molar-refractivity contribution is -0.129. The maximum Gasteiger partial charge on any atom is 0.411 e. The number of methoxy groups -OCH3 is 1. The van der Waals surface area contributed by atoms with Crippen molar-refractivity contribution in [2.24, 2.45) is 0 Å². The molecule has 1 aliphatic heterocycles. The van der Waals surface area contributed by atoms with Crippen LogP contribution in [-0.2, 0) is 19.0 Å². The molecule has 9 heteroatoms. The Morgan fingerprint density at radius 3 is 2.80 bits per heavy atom. The number of hydroxylamine groups is 1. The summed E-state index contributed by atoms with van der Waals surface area (Å²) in [6.45, 7) is 0.539. The molecule has 2 heterocycles. The Bertz CT molecular complexity index is 865. The Labute approximate surface area is 184 Å². The summed E-state index contributed by atoms with van der Waals surface area (Å²) in [5, 5.41) is 11.7. The summed E-state index contributed by atoms with van der Waals surface area (Å²) in [7, 11) is 1.55. The molecule has 0 spiro atoms. The van der Waals surface area contributed by atoms with Crippen LogP contribution in [0.3, 0.4) is 0 Å². The third-order valence-corrected chi connectivity index (χ3v) is 7.97. The van der Waals surface area contributed by atoms with Crippen molar-refractivity contribution in [2.45, 2.75) is 30.4 Å². The molecule has 162 valence electrons. The van der Waals surface area contributed by atoms with Crippen molar-refractivity contribution in [1.82, 2.24) is 5.48 Å². The zero-order chi connectivity index (χ0) is 21.4. The van der Waals surface area contributed by atoms with Crippen LogP contribution < -0.4 is 10.8 Å². The van der Waals surface area contributed by atoms with Crippen LogP contribution in [0.15, 0.2) is 36.4 Å². The van der Waals surface area contributed by atoms with Crippen LogP contribution in [0.1, 0.15) is 30.6 Å². The van der Waals surface area contributed by atoms with E-state index in [1.807, 2.05) is 24.3 Å². The Morgan fingerprint density at radius 2 is 2.07 bits per heavy atom. The van der Waals surface area contributed by atoms with Crippen molar-refractivity contribution in [3.8, 4) is 10.4 Å². The molecule has 0 unspecified atom stereocenters. The molecule has 1 atom stereocenters. The van der Waals surface area contributed by atoms with Crippen LogP contribution in [0.25, 0.3) is 10.4 Å². The van der Waals surface area contributed by atoms with Crippen LogP contribution in [0.5, 0.6) is 0 Å². The number of carbonyl (C=O) groups is 2. The van der Waals surface area contributed by atoms with Gasteiger partial charge >= 0.3 is 6.09 Å². The molecule has 3 N–H and O–H groups in total.